The fraction of sp³-hybridized carbons (Fsp3) is 0.118. The largest absolute Gasteiger partial charge is 0.495 e. The van der Waals surface area contributed by atoms with Gasteiger partial charge < -0.3 is 14.4 Å². The standard InChI is InChI=1S/C17H13ClN2O4S/c1-24-13-7-3-6-12-15(13)25-17(20(12)9-14(21)22)19-16(23)10-4-2-5-11(18)8-10/h2-8H,9H2,1H3,(H,21,22). The van der Waals surface area contributed by atoms with Crippen LogP contribution < -0.4 is 9.54 Å². The van der Waals surface area contributed by atoms with Crippen LogP contribution in [0.1, 0.15) is 10.4 Å². The van der Waals surface area contributed by atoms with E-state index in [1.54, 1.807) is 36.4 Å². The average molecular weight is 377 g/mol. The highest BCUT2D eigenvalue weighted by Gasteiger charge is 2.14. The van der Waals surface area contributed by atoms with E-state index in [4.69, 9.17) is 16.3 Å². The number of carbonyl (C=O) groups excluding carboxylic acids is 1. The summed E-state index contributed by atoms with van der Waals surface area (Å²) < 4.78 is 7.52. The van der Waals surface area contributed by atoms with Crippen LogP contribution in [0.25, 0.3) is 10.2 Å². The number of fused-ring (bicyclic) bond motifs is 1. The third kappa shape index (κ3) is 3.57. The molecule has 0 saturated heterocycles. The van der Waals surface area contributed by atoms with Crippen molar-refractivity contribution in [1.82, 2.24) is 4.57 Å². The Kier molecular flexibility index (Phi) is 4.87. The van der Waals surface area contributed by atoms with Crippen LogP contribution in [0.2, 0.25) is 5.02 Å². The molecule has 3 rings (SSSR count). The number of ether oxygens (including phenoxy) is 1. The molecule has 0 aliphatic carbocycles. The molecule has 0 unspecified atom stereocenters. The van der Waals surface area contributed by atoms with Crippen LogP contribution in [-0.4, -0.2) is 28.7 Å². The van der Waals surface area contributed by atoms with E-state index in [-0.39, 0.29) is 11.3 Å². The summed E-state index contributed by atoms with van der Waals surface area (Å²) in [5.41, 5.74) is 0.975. The number of carboxylic acids is 1. The number of carboxylic acid groups (broad SMARTS) is 1. The number of amides is 1. The lowest BCUT2D eigenvalue weighted by Gasteiger charge is -2.03. The predicted octanol–water partition coefficient (Wildman–Crippen LogP) is 3.19. The van der Waals surface area contributed by atoms with E-state index in [1.807, 2.05) is 0 Å². The lowest BCUT2D eigenvalue weighted by Crippen LogP contribution is -2.21. The minimum atomic E-state index is -1.03. The highest BCUT2D eigenvalue weighted by molar-refractivity contribution is 7.16. The molecule has 1 amide bonds. The molecule has 0 spiro atoms. The summed E-state index contributed by atoms with van der Waals surface area (Å²) in [4.78, 5) is 28.0. The van der Waals surface area contributed by atoms with E-state index in [0.717, 1.165) is 4.70 Å². The maximum atomic E-state index is 12.4. The molecule has 0 aliphatic rings. The number of halogens is 1. The number of aromatic nitrogens is 1. The third-order valence-corrected chi connectivity index (χ3v) is 4.80. The van der Waals surface area contributed by atoms with Crippen LogP contribution in [0.3, 0.4) is 0 Å². The van der Waals surface area contributed by atoms with Gasteiger partial charge in [0.25, 0.3) is 5.91 Å². The fourth-order valence-electron chi connectivity index (χ4n) is 2.37. The summed E-state index contributed by atoms with van der Waals surface area (Å²) in [7, 11) is 1.53. The Morgan fingerprint density at radius 3 is 2.72 bits per heavy atom. The van der Waals surface area contributed by atoms with Gasteiger partial charge in [0.2, 0.25) is 0 Å². The van der Waals surface area contributed by atoms with Gasteiger partial charge in [0.1, 0.15) is 12.3 Å². The van der Waals surface area contributed by atoms with Gasteiger partial charge in [0.05, 0.1) is 17.3 Å². The van der Waals surface area contributed by atoms with Crippen molar-refractivity contribution in [3.05, 3.63) is 57.9 Å². The Morgan fingerprint density at radius 1 is 1.28 bits per heavy atom. The smallest absolute Gasteiger partial charge is 0.323 e. The van der Waals surface area contributed by atoms with Gasteiger partial charge in [-0.3, -0.25) is 9.59 Å². The molecule has 8 heteroatoms. The number of methoxy groups -OCH3 is 1. The molecule has 0 saturated carbocycles. The Morgan fingerprint density at radius 2 is 2.04 bits per heavy atom. The first kappa shape index (κ1) is 17.2. The first-order chi connectivity index (χ1) is 12.0. The number of nitrogens with zero attached hydrogens (tertiary/aromatic N) is 2. The van der Waals surface area contributed by atoms with Crippen molar-refractivity contribution < 1.29 is 19.4 Å². The second-order valence-corrected chi connectivity index (χ2v) is 6.51. The normalized spacial score (nSPS) is 11.7. The van der Waals surface area contributed by atoms with Gasteiger partial charge in [-0.2, -0.15) is 4.99 Å². The molecule has 1 N–H and O–H groups in total. The van der Waals surface area contributed by atoms with E-state index in [9.17, 15) is 14.7 Å². The number of hydrogen-bond acceptors (Lipinski definition) is 4. The monoisotopic (exact) mass is 376 g/mol. The molecule has 1 heterocycles. The summed E-state index contributed by atoms with van der Waals surface area (Å²) in [6.45, 7) is -0.311. The molecule has 0 atom stereocenters. The quantitative estimate of drug-likeness (QED) is 0.758. The zero-order valence-corrected chi connectivity index (χ0v) is 14.7. The van der Waals surface area contributed by atoms with Gasteiger partial charge >= 0.3 is 5.97 Å². The second kappa shape index (κ2) is 7.08. The minimum Gasteiger partial charge on any atom is -0.495 e. The molecule has 0 fully saturated rings. The van der Waals surface area contributed by atoms with Crippen LogP contribution in [0.15, 0.2) is 47.5 Å². The molecule has 1 aromatic heterocycles. The highest BCUT2D eigenvalue weighted by atomic mass is 35.5. The number of carbonyl (C=O) groups is 2. The van der Waals surface area contributed by atoms with Crippen LogP contribution in [0, 0.1) is 0 Å². The van der Waals surface area contributed by atoms with Crippen LogP contribution in [0.4, 0.5) is 0 Å². The Hall–Kier alpha value is -2.64. The summed E-state index contributed by atoms with van der Waals surface area (Å²) in [6.07, 6.45) is 0. The lowest BCUT2D eigenvalue weighted by atomic mass is 10.2. The van der Waals surface area contributed by atoms with E-state index in [1.165, 1.54) is 29.1 Å². The van der Waals surface area contributed by atoms with E-state index >= 15 is 0 Å². The molecule has 2 aromatic carbocycles. The van der Waals surface area contributed by atoms with Gasteiger partial charge in [-0.05, 0) is 30.3 Å². The maximum Gasteiger partial charge on any atom is 0.323 e. The number of benzene rings is 2. The van der Waals surface area contributed by atoms with Crippen LogP contribution >= 0.6 is 22.9 Å². The van der Waals surface area contributed by atoms with Crippen molar-refractivity contribution in [2.24, 2.45) is 4.99 Å². The van der Waals surface area contributed by atoms with Crippen molar-refractivity contribution in [2.75, 3.05) is 7.11 Å². The maximum absolute atomic E-state index is 12.4. The summed E-state index contributed by atoms with van der Waals surface area (Å²) in [6, 6.07) is 11.7. The van der Waals surface area contributed by atoms with Crippen molar-refractivity contribution in [1.29, 1.82) is 0 Å². The topological polar surface area (TPSA) is 80.9 Å². The van der Waals surface area contributed by atoms with E-state index in [0.29, 0.717) is 21.9 Å². The second-order valence-electron chi connectivity index (χ2n) is 5.10. The molecule has 0 bridgehead atoms. The van der Waals surface area contributed by atoms with Crippen molar-refractivity contribution in [3.8, 4) is 5.75 Å². The summed E-state index contributed by atoms with van der Waals surface area (Å²) in [5, 5.41) is 9.62. The summed E-state index contributed by atoms with van der Waals surface area (Å²) in [5.74, 6) is -0.926. The van der Waals surface area contributed by atoms with Crippen molar-refractivity contribution in [3.63, 3.8) is 0 Å². The first-order valence-corrected chi connectivity index (χ1v) is 8.42. The van der Waals surface area contributed by atoms with Gasteiger partial charge in [-0.25, -0.2) is 0 Å². The number of aliphatic carboxylic acids is 1. The molecular formula is C17H13ClN2O4S. The van der Waals surface area contributed by atoms with Gasteiger partial charge in [-0.1, -0.05) is 35.1 Å². The predicted molar refractivity (Wildman–Crippen MR) is 95.3 cm³/mol. The molecule has 0 radical (unpaired) electrons. The molecular weight excluding hydrogens is 364 g/mol. The van der Waals surface area contributed by atoms with Gasteiger partial charge in [0, 0.05) is 10.6 Å². The van der Waals surface area contributed by atoms with Crippen molar-refractivity contribution in [2.45, 2.75) is 6.54 Å². The lowest BCUT2D eigenvalue weighted by molar-refractivity contribution is -0.137. The minimum absolute atomic E-state index is 0.284. The number of hydrogen-bond donors (Lipinski definition) is 1. The van der Waals surface area contributed by atoms with Crippen LogP contribution in [-0.2, 0) is 11.3 Å². The highest BCUT2D eigenvalue weighted by Crippen LogP contribution is 2.28. The van der Waals surface area contributed by atoms with Gasteiger partial charge in [0.15, 0.2) is 4.80 Å². The number of rotatable bonds is 4. The molecule has 6 nitrogen and oxygen atoms in total. The third-order valence-electron chi connectivity index (χ3n) is 3.46. The average Bonchev–Trinajstić information content (AvgIpc) is 2.91. The van der Waals surface area contributed by atoms with Crippen LogP contribution in [0.5, 0.6) is 5.75 Å². The summed E-state index contributed by atoms with van der Waals surface area (Å²) >= 11 is 7.10. The van der Waals surface area contributed by atoms with Gasteiger partial charge in [-0.15, -0.1) is 0 Å². The molecule has 25 heavy (non-hydrogen) atoms. The number of thiazole rings is 1. The fourth-order valence-corrected chi connectivity index (χ4v) is 3.68. The Balaban J connectivity index is 2.20. The van der Waals surface area contributed by atoms with E-state index in [2.05, 4.69) is 4.99 Å². The van der Waals surface area contributed by atoms with Crippen molar-refractivity contribution >= 4 is 45.0 Å². The molecule has 3 aromatic rings. The zero-order chi connectivity index (χ0) is 18.0. The Bertz CT molecular complexity index is 1040. The Labute approximate surface area is 151 Å². The SMILES string of the molecule is COc1cccc2c1sc(=NC(=O)c1cccc(Cl)c1)n2CC(=O)O. The van der Waals surface area contributed by atoms with E-state index < -0.39 is 11.9 Å². The first-order valence-electron chi connectivity index (χ1n) is 7.22. The molecule has 0 aliphatic heterocycles. The zero-order valence-electron chi connectivity index (χ0n) is 13.1. The molecule has 128 valence electrons.